The highest BCUT2D eigenvalue weighted by molar-refractivity contribution is 6.34. The van der Waals surface area contributed by atoms with Gasteiger partial charge in [-0.3, -0.25) is 0 Å². The molecule has 1 aromatic rings. The van der Waals surface area contributed by atoms with Gasteiger partial charge in [-0.25, -0.2) is 4.79 Å². The highest BCUT2D eigenvalue weighted by atomic mass is 35.5. The predicted octanol–water partition coefficient (Wildman–Crippen LogP) is 1.76. The largest absolute Gasteiger partial charge is 0.478 e. The summed E-state index contributed by atoms with van der Waals surface area (Å²) in [5, 5.41) is 18.0. The van der Waals surface area contributed by atoms with Gasteiger partial charge in [-0.05, 0) is 24.1 Å². The third-order valence-corrected chi connectivity index (χ3v) is 2.63. The number of carboxylic acid groups (broad SMARTS) is 1. The lowest BCUT2D eigenvalue weighted by Crippen LogP contribution is -2.15. The molecule has 90 valence electrons. The van der Waals surface area contributed by atoms with Crippen molar-refractivity contribution in [2.24, 2.45) is 5.73 Å². The van der Waals surface area contributed by atoms with Crippen LogP contribution < -0.4 is 5.73 Å². The molecule has 0 radical (unpaired) electrons. The van der Waals surface area contributed by atoms with Crippen molar-refractivity contribution in [2.75, 3.05) is 6.61 Å². The van der Waals surface area contributed by atoms with Crippen LogP contribution in [0.3, 0.4) is 0 Å². The van der Waals surface area contributed by atoms with E-state index in [0.717, 1.165) is 0 Å². The van der Waals surface area contributed by atoms with Crippen LogP contribution >= 0.6 is 24.0 Å². The summed E-state index contributed by atoms with van der Waals surface area (Å²) >= 11 is 5.82. The van der Waals surface area contributed by atoms with E-state index in [9.17, 15) is 4.79 Å². The van der Waals surface area contributed by atoms with E-state index in [-0.39, 0.29) is 29.6 Å². The molecule has 1 atom stereocenters. The van der Waals surface area contributed by atoms with Crippen molar-refractivity contribution in [2.45, 2.75) is 13.0 Å². The van der Waals surface area contributed by atoms with Crippen LogP contribution in [0.25, 0.3) is 0 Å². The van der Waals surface area contributed by atoms with E-state index in [4.69, 9.17) is 27.5 Å². The lowest BCUT2D eigenvalue weighted by atomic mass is 10.0. The smallest absolute Gasteiger partial charge is 0.337 e. The average Bonchev–Trinajstić information content (AvgIpc) is 2.20. The Hall–Kier alpha value is -0.810. The molecule has 0 saturated carbocycles. The number of carboxylic acids is 1. The van der Waals surface area contributed by atoms with E-state index in [0.29, 0.717) is 11.1 Å². The van der Waals surface area contributed by atoms with Crippen molar-refractivity contribution in [1.82, 2.24) is 0 Å². The van der Waals surface area contributed by atoms with Gasteiger partial charge in [-0.15, -0.1) is 12.4 Å². The van der Waals surface area contributed by atoms with Crippen molar-refractivity contribution < 1.29 is 15.0 Å². The molecule has 1 unspecified atom stereocenters. The van der Waals surface area contributed by atoms with Gasteiger partial charge in [0.2, 0.25) is 0 Å². The number of benzene rings is 1. The second-order valence-corrected chi connectivity index (χ2v) is 3.67. The molecule has 0 aliphatic rings. The summed E-state index contributed by atoms with van der Waals surface area (Å²) < 4.78 is 0. The van der Waals surface area contributed by atoms with Crippen LogP contribution in [-0.2, 0) is 0 Å². The van der Waals surface area contributed by atoms with Gasteiger partial charge in [0.1, 0.15) is 0 Å². The van der Waals surface area contributed by atoms with Crippen LogP contribution in [0, 0.1) is 6.92 Å². The van der Waals surface area contributed by atoms with Crippen LogP contribution in [0.1, 0.15) is 27.5 Å². The molecule has 4 N–H and O–H groups in total. The quantitative estimate of drug-likeness (QED) is 0.778. The fourth-order valence-corrected chi connectivity index (χ4v) is 1.46. The van der Waals surface area contributed by atoms with Gasteiger partial charge >= 0.3 is 5.97 Å². The van der Waals surface area contributed by atoms with Gasteiger partial charge in [-0.1, -0.05) is 17.7 Å². The lowest BCUT2D eigenvalue weighted by molar-refractivity contribution is 0.0696. The molecule has 0 aliphatic carbocycles. The number of carbonyl (C=O) groups is 1. The molecule has 0 fully saturated rings. The third kappa shape index (κ3) is 3.09. The van der Waals surface area contributed by atoms with Crippen LogP contribution in [0.5, 0.6) is 0 Å². The molecule has 1 rings (SSSR count). The number of halogens is 2. The zero-order valence-electron chi connectivity index (χ0n) is 8.61. The first-order valence-electron chi connectivity index (χ1n) is 4.37. The molecule has 0 bridgehead atoms. The van der Waals surface area contributed by atoms with Crippen molar-refractivity contribution >= 4 is 30.0 Å². The summed E-state index contributed by atoms with van der Waals surface area (Å²) in [5.41, 5.74) is 6.81. The highest BCUT2D eigenvalue weighted by Crippen LogP contribution is 2.25. The minimum atomic E-state index is -1.10. The number of aliphatic hydroxyl groups is 1. The molecule has 1 aromatic carbocycles. The maximum Gasteiger partial charge on any atom is 0.337 e. The number of nitrogens with two attached hydrogens (primary N) is 1. The Bertz CT molecular complexity index is 396. The Morgan fingerprint density at radius 3 is 2.56 bits per heavy atom. The van der Waals surface area contributed by atoms with E-state index >= 15 is 0 Å². The number of aromatic carboxylic acids is 1. The number of hydrogen-bond donors (Lipinski definition) is 3. The second kappa shape index (κ2) is 6.06. The SMILES string of the molecule is Cc1cc(C(N)CO)cc(C(=O)O)c1Cl.Cl. The Kier molecular flexibility index (Phi) is 5.75. The van der Waals surface area contributed by atoms with Crippen molar-refractivity contribution in [3.8, 4) is 0 Å². The van der Waals surface area contributed by atoms with Gasteiger partial charge in [0, 0.05) is 0 Å². The summed E-state index contributed by atoms with van der Waals surface area (Å²) in [6.45, 7) is 1.46. The molecule has 0 saturated heterocycles. The van der Waals surface area contributed by atoms with Gasteiger partial charge in [0.15, 0.2) is 0 Å². The minimum absolute atomic E-state index is 0. The topological polar surface area (TPSA) is 83.5 Å². The summed E-state index contributed by atoms with van der Waals surface area (Å²) in [7, 11) is 0. The van der Waals surface area contributed by atoms with E-state index in [2.05, 4.69) is 0 Å². The predicted molar refractivity (Wildman–Crippen MR) is 64.4 cm³/mol. The van der Waals surface area contributed by atoms with Crippen molar-refractivity contribution in [3.63, 3.8) is 0 Å². The zero-order chi connectivity index (χ0) is 11.6. The first kappa shape index (κ1) is 15.2. The number of rotatable bonds is 3. The van der Waals surface area contributed by atoms with Crippen LogP contribution in [-0.4, -0.2) is 22.8 Å². The molecule has 4 nitrogen and oxygen atoms in total. The molecule has 0 spiro atoms. The second-order valence-electron chi connectivity index (χ2n) is 3.29. The third-order valence-electron chi connectivity index (χ3n) is 2.13. The van der Waals surface area contributed by atoms with E-state index in [1.165, 1.54) is 6.07 Å². The normalized spacial score (nSPS) is 11.8. The minimum Gasteiger partial charge on any atom is -0.478 e. The molecule has 0 amide bonds. The first-order valence-corrected chi connectivity index (χ1v) is 4.75. The Morgan fingerprint density at radius 1 is 1.56 bits per heavy atom. The number of aliphatic hydroxyl groups excluding tert-OH is 1. The first-order chi connectivity index (χ1) is 6.97. The molecular weight excluding hydrogens is 253 g/mol. The molecular formula is C10H13Cl2NO3. The van der Waals surface area contributed by atoms with Crippen LogP contribution in [0.4, 0.5) is 0 Å². The number of aryl methyl sites for hydroxylation is 1. The van der Waals surface area contributed by atoms with E-state index in [1.54, 1.807) is 13.0 Å². The molecule has 0 aliphatic heterocycles. The Labute approximate surface area is 104 Å². The van der Waals surface area contributed by atoms with E-state index < -0.39 is 12.0 Å². The fourth-order valence-electron chi connectivity index (χ4n) is 1.27. The fraction of sp³-hybridized carbons (Fsp3) is 0.300. The molecule has 6 heteroatoms. The number of hydrogen-bond acceptors (Lipinski definition) is 3. The molecule has 0 heterocycles. The molecule has 16 heavy (non-hydrogen) atoms. The summed E-state index contributed by atoms with van der Waals surface area (Å²) in [5.74, 6) is -1.10. The Morgan fingerprint density at radius 2 is 2.12 bits per heavy atom. The van der Waals surface area contributed by atoms with Crippen LogP contribution in [0.2, 0.25) is 5.02 Å². The van der Waals surface area contributed by atoms with Gasteiger partial charge in [0.05, 0.1) is 23.2 Å². The monoisotopic (exact) mass is 265 g/mol. The van der Waals surface area contributed by atoms with E-state index in [1.807, 2.05) is 0 Å². The summed E-state index contributed by atoms with van der Waals surface area (Å²) in [6.07, 6.45) is 0. The zero-order valence-corrected chi connectivity index (χ0v) is 10.2. The highest BCUT2D eigenvalue weighted by Gasteiger charge is 2.15. The van der Waals surface area contributed by atoms with Crippen molar-refractivity contribution in [3.05, 3.63) is 33.8 Å². The maximum atomic E-state index is 10.8. The standard InChI is InChI=1S/C10H12ClNO3.ClH/c1-5-2-6(8(12)4-13)3-7(9(5)11)10(14)15;/h2-3,8,13H,4,12H2,1H3,(H,14,15);1H. The molecule has 0 aromatic heterocycles. The Balaban J connectivity index is 0.00000225. The van der Waals surface area contributed by atoms with Crippen molar-refractivity contribution in [1.29, 1.82) is 0 Å². The van der Waals surface area contributed by atoms with Gasteiger partial charge < -0.3 is 15.9 Å². The van der Waals surface area contributed by atoms with Gasteiger partial charge in [-0.2, -0.15) is 0 Å². The summed E-state index contributed by atoms with van der Waals surface area (Å²) in [4.78, 5) is 10.8. The van der Waals surface area contributed by atoms with Crippen LogP contribution in [0.15, 0.2) is 12.1 Å². The lowest BCUT2D eigenvalue weighted by Gasteiger charge is -2.12. The van der Waals surface area contributed by atoms with Gasteiger partial charge in [0.25, 0.3) is 0 Å². The summed E-state index contributed by atoms with van der Waals surface area (Å²) in [6, 6.07) is 2.48. The average molecular weight is 266 g/mol. The maximum absolute atomic E-state index is 10.8.